The average Bonchev–Trinajstić information content (AvgIpc) is 3.06. The predicted octanol–water partition coefficient (Wildman–Crippen LogP) is 1.33. The van der Waals surface area contributed by atoms with Gasteiger partial charge in [-0.25, -0.2) is 0 Å². The molecule has 2 aromatic rings. The second-order valence-electron chi connectivity index (χ2n) is 4.21. The molecule has 0 unspecified atom stereocenters. The highest BCUT2D eigenvalue weighted by Crippen LogP contribution is 2.21. The van der Waals surface area contributed by atoms with Crippen molar-refractivity contribution in [3.63, 3.8) is 0 Å². The third-order valence-electron chi connectivity index (χ3n) is 2.67. The van der Waals surface area contributed by atoms with Crippen LogP contribution in [0.1, 0.15) is 11.3 Å². The molecule has 0 aliphatic carbocycles. The van der Waals surface area contributed by atoms with Gasteiger partial charge in [-0.15, -0.1) is 11.3 Å². The molecule has 1 N–H and O–H groups in total. The number of aromatic nitrogens is 1. The fourth-order valence-corrected chi connectivity index (χ4v) is 3.06. The van der Waals surface area contributed by atoms with Crippen LogP contribution in [-0.4, -0.2) is 23.1 Å². The Balaban J connectivity index is 1.85. The maximum atomic E-state index is 11.7. The number of thiazole rings is 1. The van der Waals surface area contributed by atoms with Crippen molar-refractivity contribution in [1.29, 1.82) is 5.26 Å². The molecule has 114 valence electrons. The Labute approximate surface area is 133 Å². The number of anilines is 1. The lowest BCUT2D eigenvalue weighted by Gasteiger charge is -2.06. The first-order valence-corrected chi connectivity index (χ1v) is 7.85. The maximum Gasteiger partial charge on any atom is 0.326 e. The van der Waals surface area contributed by atoms with Crippen molar-refractivity contribution >= 4 is 39.6 Å². The molecule has 0 aromatic carbocycles. The van der Waals surface area contributed by atoms with Gasteiger partial charge in [0.05, 0.1) is 5.56 Å². The van der Waals surface area contributed by atoms with E-state index in [4.69, 9.17) is 10.00 Å². The van der Waals surface area contributed by atoms with Crippen molar-refractivity contribution in [2.45, 2.75) is 13.5 Å². The molecule has 2 rings (SSSR count). The summed E-state index contributed by atoms with van der Waals surface area (Å²) in [7, 11) is 0. The van der Waals surface area contributed by atoms with E-state index in [2.05, 4.69) is 5.32 Å². The molecule has 0 aliphatic heterocycles. The minimum atomic E-state index is -0.676. The van der Waals surface area contributed by atoms with Gasteiger partial charge in [-0.1, -0.05) is 11.3 Å². The molecule has 0 aliphatic rings. The summed E-state index contributed by atoms with van der Waals surface area (Å²) < 4.78 is 6.10. The third-order valence-corrected chi connectivity index (χ3v) is 4.38. The zero-order valence-electron chi connectivity index (χ0n) is 11.5. The quantitative estimate of drug-likeness (QED) is 0.830. The minimum absolute atomic E-state index is 0.232. The van der Waals surface area contributed by atoms with Crippen LogP contribution in [0.15, 0.2) is 21.6 Å². The summed E-state index contributed by atoms with van der Waals surface area (Å²) in [6.07, 6.45) is 0. The number of aryl methyl sites for hydroxylation is 1. The Bertz CT molecular complexity index is 797. The Morgan fingerprint density at radius 3 is 2.86 bits per heavy atom. The largest absolute Gasteiger partial charge is 0.454 e. The molecular weight excluding hydrogens is 326 g/mol. The maximum absolute atomic E-state index is 11.7. The van der Waals surface area contributed by atoms with Gasteiger partial charge in [-0.3, -0.25) is 19.0 Å². The molecule has 2 heterocycles. The summed E-state index contributed by atoms with van der Waals surface area (Å²) >= 11 is 2.20. The normalized spacial score (nSPS) is 10.0. The second-order valence-corrected chi connectivity index (χ2v) is 5.95. The zero-order chi connectivity index (χ0) is 16.1. The molecule has 0 spiro atoms. The van der Waals surface area contributed by atoms with Crippen molar-refractivity contribution < 1.29 is 14.3 Å². The van der Waals surface area contributed by atoms with E-state index in [9.17, 15) is 14.4 Å². The van der Waals surface area contributed by atoms with E-state index in [1.165, 1.54) is 15.9 Å². The van der Waals surface area contributed by atoms with Crippen LogP contribution in [0, 0.1) is 18.3 Å². The lowest BCUT2D eigenvalue weighted by molar-refractivity contribution is -0.147. The molecule has 0 saturated carbocycles. The van der Waals surface area contributed by atoms with Gasteiger partial charge in [0.15, 0.2) is 6.61 Å². The van der Waals surface area contributed by atoms with E-state index in [1.54, 1.807) is 23.8 Å². The summed E-state index contributed by atoms with van der Waals surface area (Å²) in [5.41, 5.74) is 1.01. The Morgan fingerprint density at radius 2 is 2.23 bits per heavy atom. The first-order chi connectivity index (χ1) is 10.5. The van der Waals surface area contributed by atoms with Crippen LogP contribution in [0.2, 0.25) is 0 Å². The molecule has 0 saturated heterocycles. The fourth-order valence-electron chi connectivity index (χ4n) is 1.57. The Morgan fingerprint density at radius 1 is 1.45 bits per heavy atom. The van der Waals surface area contributed by atoms with Crippen molar-refractivity contribution in [3.05, 3.63) is 37.8 Å². The lowest BCUT2D eigenvalue weighted by atomic mass is 10.3. The number of nitriles is 1. The third kappa shape index (κ3) is 3.81. The number of rotatable bonds is 5. The van der Waals surface area contributed by atoms with Crippen LogP contribution in [-0.2, 0) is 20.9 Å². The first kappa shape index (κ1) is 15.9. The van der Waals surface area contributed by atoms with Crippen LogP contribution in [0.3, 0.4) is 0 Å². The Kier molecular flexibility index (Phi) is 5.08. The summed E-state index contributed by atoms with van der Waals surface area (Å²) in [6, 6.07) is 3.52. The molecule has 2 aromatic heterocycles. The molecule has 0 bridgehead atoms. The summed E-state index contributed by atoms with van der Waals surface area (Å²) in [5.74, 6) is -1.22. The van der Waals surface area contributed by atoms with E-state index in [0.717, 1.165) is 11.3 Å². The van der Waals surface area contributed by atoms with Crippen LogP contribution in [0.5, 0.6) is 0 Å². The predicted molar refractivity (Wildman–Crippen MR) is 81.9 cm³/mol. The van der Waals surface area contributed by atoms with Gasteiger partial charge in [0, 0.05) is 11.1 Å². The Hall–Kier alpha value is -2.44. The molecule has 7 nitrogen and oxygen atoms in total. The molecule has 0 fully saturated rings. The molecule has 1 amide bonds. The van der Waals surface area contributed by atoms with Crippen LogP contribution >= 0.6 is 22.7 Å². The first-order valence-electron chi connectivity index (χ1n) is 6.09. The smallest absolute Gasteiger partial charge is 0.326 e. The fraction of sp³-hybridized carbons (Fsp3) is 0.231. The summed E-state index contributed by atoms with van der Waals surface area (Å²) in [5, 5.41) is 15.0. The number of carbonyl (C=O) groups excluding carboxylic acids is 2. The van der Waals surface area contributed by atoms with Crippen LogP contribution in [0.25, 0.3) is 0 Å². The number of ether oxygens (including phenoxy) is 1. The van der Waals surface area contributed by atoms with E-state index in [0.29, 0.717) is 16.3 Å². The number of carbonyl (C=O) groups is 2. The topological polar surface area (TPSA) is 101 Å². The van der Waals surface area contributed by atoms with Gasteiger partial charge in [0.1, 0.15) is 17.6 Å². The SMILES string of the molecule is Cc1csc(=O)n1CC(=O)OCC(=O)Nc1sccc1C#N. The van der Waals surface area contributed by atoms with Crippen molar-refractivity contribution in [2.24, 2.45) is 0 Å². The monoisotopic (exact) mass is 337 g/mol. The number of nitrogens with zero attached hydrogens (tertiary/aromatic N) is 2. The standard InChI is InChI=1S/C13H11N3O4S2/c1-8-7-22-13(19)16(8)5-11(18)20-6-10(17)15-12-9(4-14)2-3-21-12/h2-3,7H,5-6H2,1H3,(H,15,17). The van der Waals surface area contributed by atoms with Crippen molar-refractivity contribution in [3.8, 4) is 6.07 Å². The number of hydrogen-bond acceptors (Lipinski definition) is 7. The highest BCUT2D eigenvalue weighted by molar-refractivity contribution is 7.14. The lowest BCUT2D eigenvalue weighted by Crippen LogP contribution is -2.26. The molecule has 22 heavy (non-hydrogen) atoms. The summed E-state index contributed by atoms with van der Waals surface area (Å²) in [4.78, 5) is 34.5. The van der Waals surface area contributed by atoms with Crippen molar-refractivity contribution in [1.82, 2.24) is 4.57 Å². The van der Waals surface area contributed by atoms with Gasteiger partial charge < -0.3 is 10.1 Å². The number of nitrogens with one attached hydrogen (secondary N) is 1. The van der Waals surface area contributed by atoms with Gasteiger partial charge in [-0.2, -0.15) is 5.26 Å². The number of amides is 1. The van der Waals surface area contributed by atoms with E-state index in [1.807, 2.05) is 6.07 Å². The van der Waals surface area contributed by atoms with Crippen LogP contribution in [0.4, 0.5) is 5.00 Å². The highest BCUT2D eigenvalue weighted by Gasteiger charge is 2.13. The molecule has 9 heteroatoms. The van der Waals surface area contributed by atoms with Gasteiger partial charge in [0.2, 0.25) is 0 Å². The van der Waals surface area contributed by atoms with E-state index < -0.39 is 18.5 Å². The van der Waals surface area contributed by atoms with Gasteiger partial charge in [-0.05, 0) is 18.4 Å². The van der Waals surface area contributed by atoms with Crippen molar-refractivity contribution in [2.75, 3.05) is 11.9 Å². The number of thiophene rings is 1. The molecular formula is C13H11N3O4S2. The van der Waals surface area contributed by atoms with Crippen LogP contribution < -0.4 is 10.2 Å². The van der Waals surface area contributed by atoms with Gasteiger partial charge in [0.25, 0.3) is 5.91 Å². The highest BCUT2D eigenvalue weighted by atomic mass is 32.1. The molecule has 0 radical (unpaired) electrons. The summed E-state index contributed by atoms with van der Waals surface area (Å²) in [6.45, 7) is 1.00. The average molecular weight is 337 g/mol. The second kappa shape index (κ2) is 7.02. The zero-order valence-corrected chi connectivity index (χ0v) is 13.1. The van der Waals surface area contributed by atoms with E-state index in [-0.39, 0.29) is 11.4 Å². The van der Waals surface area contributed by atoms with E-state index >= 15 is 0 Å². The van der Waals surface area contributed by atoms with Gasteiger partial charge >= 0.3 is 10.8 Å². The minimum Gasteiger partial charge on any atom is -0.454 e. The number of hydrogen-bond donors (Lipinski definition) is 1. The number of esters is 1. The molecule has 0 atom stereocenters.